The molecule has 0 aromatic heterocycles. The third-order valence-corrected chi connectivity index (χ3v) is 5.78. The second-order valence-corrected chi connectivity index (χ2v) is 7.83. The predicted octanol–water partition coefficient (Wildman–Crippen LogP) is 2.73. The lowest BCUT2D eigenvalue weighted by molar-refractivity contribution is -0.166. The van der Waals surface area contributed by atoms with Gasteiger partial charge in [0.15, 0.2) is 5.78 Å². The molecule has 0 aliphatic heterocycles. The minimum absolute atomic E-state index is 0.00266. The van der Waals surface area contributed by atoms with Crippen LogP contribution < -0.4 is 5.73 Å². The Morgan fingerprint density at radius 3 is 2.53 bits per heavy atom. The molecule has 4 fully saturated rings. The average molecular weight is 256 g/mol. The smallest absolute Gasteiger partial charge is 0.153 e. The summed E-state index contributed by atoms with van der Waals surface area (Å²) in [6.45, 7) is 4.63. The van der Waals surface area contributed by atoms with E-state index in [1.165, 1.54) is 12.8 Å². The fraction of sp³-hybridized carbons (Fsp3) is 0.929. The van der Waals surface area contributed by atoms with E-state index in [2.05, 4.69) is 13.8 Å². The topological polar surface area (TPSA) is 43.1 Å². The van der Waals surface area contributed by atoms with Crippen LogP contribution in [-0.4, -0.2) is 17.2 Å². The van der Waals surface area contributed by atoms with Crippen LogP contribution in [0.5, 0.6) is 0 Å². The number of carbonyl (C=O) groups is 1. The summed E-state index contributed by atoms with van der Waals surface area (Å²) in [7, 11) is 0. The molecule has 5 atom stereocenters. The summed E-state index contributed by atoms with van der Waals surface area (Å²) < 4.78 is 0. The Bertz CT molecular complexity index is 360. The highest BCUT2D eigenvalue weighted by Crippen LogP contribution is 2.68. The van der Waals surface area contributed by atoms with Crippen LogP contribution in [0, 0.1) is 22.7 Å². The highest BCUT2D eigenvalue weighted by atomic mass is 35.5. The molecule has 2 nitrogen and oxygen atoms in total. The summed E-state index contributed by atoms with van der Waals surface area (Å²) in [6, 6.07) is 0. The molecule has 0 spiro atoms. The van der Waals surface area contributed by atoms with Gasteiger partial charge < -0.3 is 5.73 Å². The molecule has 0 aromatic carbocycles. The monoisotopic (exact) mass is 255 g/mol. The molecule has 3 heteroatoms. The van der Waals surface area contributed by atoms with Gasteiger partial charge in [-0.15, -0.1) is 11.6 Å². The fourth-order valence-electron chi connectivity index (χ4n) is 6.15. The second kappa shape index (κ2) is 3.27. The number of halogens is 1. The Balaban J connectivity index is 2.05. The molecule has 0 amide bonds. The Labute approximate surface area is 108 Å². The van der Waals surface area contributed by atoms with E-state index < -0.39 is 0 Å². The predicted molar refractivity (Wildman–Crippen MR) is 68.9 cm³/mol. The second-order valence-electron chi connectivity index (χ2n) is 7.56. The lowest BCUT2D eigenvalue weighted by Crippen LogP contribution is -2.70. The molecule has 4 saturated carbocycles. The van der Waals surface area contributed by atoms with Gasteiger partial charge in [0.1, 0.15) is 0 Å². The Morgan fingerprint density at radius 2 is 2.00 bits per heavy atom. The minimum Gasteiger partial charge on any atom is -0.324 e. The standard InChI is InChI=1S/C14H22ClNO/c1-12-3-9-4-13(2,7-12)11(10(17)6-15)14(16,5-9)8-12/h9,11H,3-8,16H2,1-2H3. The molecule has 17 heavy (non-hydrogen) atoms. The van der Waals surface area contributed by atoms with Gasteiger partial charge in [-0.05, 0) is 48.9 Å². The van der Waals surface area contributed by atoms with Crippen LogP contribution in [0.25, 0.3) is 0 Å². The molecular formula is C14H22ClNO. The van der Waals surface area contributed by atoms with Crippen molar-refractivity contribution in [1.29, 1.82) is 0 Å². The number of Topliss-reactive ketones (excluding diaryl/α,β-unsaturated/α-hetero) is 1. The van der Waals surface area contributed by atoms with Crippen molar-refractivity contribution in [1.82, 2.24) is 0 Å². The number of ketones is 1. The average Bonchev–Trinajstić information content (AvgIpc) is 2.10. The van der Waals surface area contributed by atoms with Crippen molar-refractivity contribution in [3.05, 3.63) is 0 Å². The maximum Gasteiger partial charge on any atom is 0.153 e. The molecule has 0 aromatic rings. The molecule has 2 N–H and O–H groups in total. The fourth-order valence-corrected chi connectivity index (χ4v) is 6.31. The first-order valence-electron chi connectivity index (χ1n) is 6.68. The van der Waals surface area contributed by atoms with E-state index in [-0.39, 0.29) is 28.5 Å². The van der Waals surface area contributed by atoms with Gasteiger partial charge in [0.25, 0.3) is 0 Å². The SMILES string of the molecule is CC12CC3CC(C)(C1)C(C(=O)CCl)C(N)(C3)C2. The van der Waals surface area contributed by atoms with Gasteiger partial charge in [-0.3, -0.25) is 4.79 Å². The third kappa shape index (κ3) is 1.53. The zero-order valence-electron chi connectivity index (χ0n) is 10.8. The third-order valence-electron chi connectivity index (χ3n) is 5.52. The van der Waals surface area contributed by atoms with Crippen LogP contribution in [-0.2, 0) is 4.79 Å². The van der Waals surface area contributed by atoms with Crippen LogP contribution in [0.3, 0.4) is 0 Å². The lowest BCUT2D eigenvalue weighted by atomic mass is 9.38. The van der Waals surface area contributed by atoms with Gasteiger partial charge >= 0.3 is 0 Å². The molecule has 4 rings (SSSR count). The van der Waals surface area contributed by atoms with Crippen molar-refractivity contribution in [2.75, 3.05) is 5.88 Å². The lowest BCUT2D eigenvalue weighted by Gasteiger charge is -2.67. The number of hydrogen-bond donors (Lipinski definition) is 1. The Hall–Kier alpha value is -0.0800. The summed E-state index contributed by atoms with van der Waals surface area (Å²) in [5.41, 5.74) is 6.84. The summed E-state index contributed by atoms with van der Waals surface area (Å²) in [4.78, 5) is 12.2. The maximum absolute atomic E-state index is 12.2. The number of carbonyl (C=O) groups excluding carboxylic acids is 1. The first-order chi connectivity index (χ1) is 7.80. The molecule has 0 radical (unpaired) electrons. The van der Waals surface area contributed by atoms with E-state index in [4.69, 9.17) is 17.3 Å². The highest BCUT2D eigenvalue weighted by Gasteiger charge is 2.65. The molecule has 5 unspecified atom stereocenters. The van der Waals surface area contributed by atoms with Crippen molar-refractivity contribution in [3.63, 3.8) is 0 Å². The molecule has 4 aliphatic carbocycles. The van der Waals surface area contributed by atoms with Gasteiger partial charge in [0.2, 0.25) is 0 Å². The van der Waals surface area contributed by atoms with Crippen LogP contribution in [0.1, 0.15) is 46.0 Å². The zero-order valence-corrected chi connectivity index (χ0v) is 11.5. The van der Waals surface area contributed by atoms with E-state index in [9.17, 15) is 4.79 Å². The Kier molecular flexibility index (Phi) is 2.30. The van der Waals surface area contributed by atoms with Crippen molar-refractivity contribution < 1.29 is 4.79 Å². The number of rotatable bonds is 2. The summed E-state index contributed by atoms with van der Waals surface area (Å²) in [5.74, 6) is 1.04. The largest absolute Gasteiger partial charge is 0.324 e. The molecule has 96 valence electrons. The molecule has 0 saturated heterocycles. The van der Waals surface area contributed by atoms with Gasteiger partial charge in [0.05, 0.1) is 5.88 Å². The summed E-state index contributed by atoms with van der Waals surface area (Å²) >= 11 is 5.80. The van der Waals surface area contributed by atoms with Gasteiger partial charge in [-0.1, -0.05) is 13.8 Å². The first-order valence-corrected chi connectivity index (χ1v) is 7.21. The molecule has 4 aliphatic rings. The zero-order chi connectivity index (χ0) is 12.5. The van der Waals surface area contributed by atoms with Crippen LogP contribution >= 0.6 is 11.6 Å². The maximum atomic E-state index is 12.2. The van der Waals surface area contributed by atoms with Crippen LogP contribution in [0.15, 0.2) is 0 Å². The van der Waals surface area contributed by atoms with Gasteiger partial charge in [-0.2, -0.15) is 0 Å². The van der Waals surface area contributed by atoms with E-state index in [1.807, 2.05) is 0 Å². The van der Waals surface area contributed by atoms with Crippen molar-refractivity contribution >= 4 is 17.4 Å². The number of alkyl halides is 1. The van der Waals surface area contributed by atoms with Crippen molar-refractivity contribution in [2.24, 2.45) is 28.4 Å². The Morgan fingerprint density at radius 1 is 1.29 bits per heavy atom. The summed E-state index contributed by atoms with van der Waals surface area (Å²) in [6.07, 6.45) is 5.69. The van der Waals surface area contributed by atoms with Gasteiger partial charge in [-0.25, -0.2) is 0 Å². The molecular weight excluding hydrogens is 234 g/mol. The van der Waals surface area contributed by atoms with Crippen LogP contribution in [0.2, 0.25) is 0 Å². The molecule has 4 bridgehead atoms. The normalized spacial score (nSPS) is 56.2. The molecule has 0 heterocycles. The van der Waals surface area contributed by atoms with Crippen molar-refractivity contribution in [3.8, 4) is 0 Å². The van der Waals surface area contributed by atoms with E-state index in [0.29, 0.717) is 5.41 Å². The van der Waals surface area contributed by atoms with E-state index in [0.717, 1.165) is 25.2 Å². The first kappa shape index (κ1) is 12.0. The van der Waals surface area contributed by atoms with Crippen LogP contribution in [0.4, 0.5) is 0 Å². The number of hydrogen-bond acceptors (Lipinski definition) is 2. The minimum atomic E-state index is -0.269. The number of nitrogens with two attached hydrogens (primary N) is 1. The summed E-state index contributed by atoms with van der Waals surface area (Å²) in [5, 5.41) is 0. The van der Waals surface area contributed by atoms with E-state index >= 15 is 0 Å². The quantitative estimate of drug-likeness (QED) is 0.771. The van der Waals surface area contributed by atoms with Gasteiger partial charge in [0, 0.05) is 11.5 Å². The highest BCUT2D eigenvalue weighted by molar-refractivity contribution is 6.28. The van der Waals surface area contributed by atoms with Crippen molar-refractivity contribution in [2.45, 2.75) is 51.5 Å². The van der Waals surface area contributed by atoms with E-state index in [1.54, 1.807) is 0 Å².